The summed E-state index contributed by atoms with van der Waals surface area (Å²) < 4.78 is 1.93. The van der Waals surface area contributed by atoms with Crippen LogP contribution in [0.15, 0.2) is 91.0 Å². The van der Waals surface area contributed by atoms with Crippen LogP contribution in [0.4, 0.5) is 0 Å². The number of nitrogens with one attached hydrogen (secondary N) is 1. The van der Waals surface area contributed by atoms with Crippen LogP contribution in [0.2, 0.25) is 0 Å². The Kier molecular flexibility index (Phi) is 6.57. The highest BCUT2D eigenvalue weighted by atomic mass is 16.1. The van der Waals surface area contributed by atoms with Crippen LogP contribution in [0, 0.1) is 5.92 Å². The van der Waals surface area contributed by atoms with Crippen LogP contribution in [0.1, 0.15) is 60.3 Å². The van der Waals surface area contributed by atoms with Gasteiger partial charge in [0.15, 0.2) is 0 Å². The van der Waals surface area contributed by atoms with Crippen LogP contribution < -0.4 is 5.32 Å². The lowest BCUT2D eigenvalue weighted by Crippen LogP contribution is -2.33. The largest absolute Gasteiger partial charge is 0.345 e. The predicted octanol–water partition coefficient (Wildman–Crippen LogP) is 6.76. The fraction of sp³-hybridized carbons (Fsp3) is 0.267. The zero-order chi connectivity index (χ0) is 23.3. The van der Waals surface area contributed by atoms with Gasteiger partial charge in [0.1, 0.15) is 5.69 Å². The second-order valence-electron chi connectivity index (χ2n) is 9.04. The molecule has 1 aliphatic carbocycles. The first-order chi connectivity index (χ1) is 16.8. The molecule has 1 saturated carbocycles. The van der Waals surface area contributed by atoms with E-state index in [-0.39, 0.29) is 11.9 Å². The molecule has 0 bridgehead atoms. The second-order valence-corrected chi connectivity index (χ2v) is 9.04. The summed E-state index contributed by atoms with van der Waals surface area (Å²) in [5.41, 5.74) is 5.44. The van der Waals surface area contributed by atoms with Crippen molar-refractivity contribution in [1.82, 2.24) is 15.1 Å². The van der Waals surface area contributed by atoms with E-state index in [1.165, 1.54) is 18.4 Å². The summed E-state index contributed by atoms with van der Waals surface area (Å²) in [4.78, 5) is 14.0. The van der Waals surface area contributed by atoms with Gasteiger partial charge in [-0.3, -0.25) is 4.79 Å². The summed E-state index contributed by atoms with van der Waals surface area (Å²) in [5, 5.41) is 8.42. The molecular weight excluding hydrogens is 418 g/mol. The normalized spacial score (nSPS) is 14.7. The first-order valence-corrected chi connectivity index (χ1v) is 12.3. The molecule has 0 saturated heterocycles. The van der Waals surface area contributed by atoms with Crippen LogP contribution >= 0.6 is 0 Å². The summed E-state index contributed by atoms with van der Waals surface area (Å²) >= 11 is 0. The summed E-state index contributed by atoms with van der Waals surface area (Å²) in [6, 6.07) is 30.5. The van der Waals surface area contributed by atoms with Crippen molar-refractivity contribution >= 4 is 5.91 Å². The monoisotopic (exact) mass is 449 g/mol. The molecule has 1 N–H and O–H groups in total. The lowest BCUT2D eigenvalue weighted by atomic mass is 9.91. The molecule has 4 aromatic rings. The van der Waals surface area contributed by atoms with Crippen LogP contribution in [0.5, 0.6) is 0 Å². The lowest BCUT2D eigenvalue weighted by Gasteiger charge is -2.25. The van der Waals surface area contributed by atoms with E-state index in [0.29, 0.717) is 17.9 Å². The number of para-hydroxylation sites is 1. The van der Waals surface area contributed by atoms with E-state index in [9.17, 15) is 4.79 Å². The molecule has 4 heteroatoms. The molecule has 4 nitrogen and oxygen atoms in total. The van der Waals surface area contributed by atoms with Crippen LogP contribution in [0.3, 0.4) is 0 Å². The third-order valence-electron chi connectivity index (χ3n) is 6.91. The Hall–Kier alpha value is -3.66. The number of amides is 1. The SMILES string of the molecule is CCc1c(C(=O)NC(c2ccccc2)C2CCCC2)c(-c2ccccc2)nn1-c1ccccc1. The van der Waals surface area contributed by atoms with Gasteiger partial charge in [-0.25, -0.2) is 4.68 Å². The molecule has 1 amide bonds. The average molecular weight is 450 g/mol. The molecule has 3 aromatic carbocycles. The number of aromatic nitrogens is 2. The quantitative estimate of drug-likeness (QED) is 0.339. The molecule has 1 atom stereocenters. The minimum absolute atomic E-state index is 0.00426. The number of benzene rings is 3. The van der Waals surface area contributed by atoms with Gasteiger partial charge in [0.05, 0.1) is 23.0 Å². The molecule has 0 aliphatic heterocycles. The van der Waals surface area contributed by atoms with Gasteiger partial charge in [0.25, 0.3) is 5.91 Å². The second kappa shape index (κ2) is 10.1. The minimum atomic E-state index is -0.0429. The highest BCUT2D eigenvalue weighted by Crippen LogP contribution is 2.37. The van der Waals surface area contributed by atoms with E-state index >= 15 is 0 Å². The Labute approximate surface area is 201 Å². The summed E-state index contributed by atoms with van der Waals surface area (Å²) in [6.07, 6.45) is 5.46. The predicted molar refractivity (Wildman–Crippen MR) is 137 cm³/mol. The van der Waals surface area contributed by atoms with Crippen molar-refractivity contribution in [3.63, 3.8) is 0 Å². The van der Waals surface area contributed by atoms with Gasteiger partial charge in [0.2, 0.25) is 0 Å². The first-order valence-electron chi connectivity index (χ1n) is 12.3. The maximum atomic E-state index is 14.0. The third-order valence-corrected chi connectivity index (χ3v) is 6.91. The highest BCUT2D eigenvalue weighted by Gasteiger charge is 2.31. The third kappa shape index (κ3) is 4.41. The molecular formula is C30H31N3O. The van der Waals surface area contributed by atoms with Crippen molar-refractivity contribution in [2.24, 2.45) is 5.92 Å². The molecule has 1 aromatic heterocycles. The van der Waals surface area contributed by atoms with Crippen molar-refractivity contribution < 1.29 is 4.79 Å². The summed E-state index contributed by atoms with van der Waals surface area (Å²) in [6.45, 7) is 2.09. The standard InChI is InChI=1S/C30H31N3O/c1-2-26-27(30(34)31-28(23-18-12-13-19-23)22-14-6-3-7-15-22)29(24-16-8-4-9-17-24)32-33(26)25-20-10-5-11-21-25/h3-11,14-17,20-21,23,28H,2,12-13,18-19H2,1H3,(H,31,34). The number of hydrogen-bond acceptors (Lipinski definition) is 2. The maximum Gasteiger partial charge on any atom is 0.255 e. The van der Waals surface area contributed by atoms with Gasteiger partial charge in [-0.2, -0.15) is 5.10 Å². The Morgan fingerprint density at radius 3 is 2.12 bits per heavy atom. The van der Waals surface area contributed by atoms with Gasteiger partial charge < -0.3 is 5.32 Å². The molecule has 1 fully saturated rings. The fourth-order valence-corrected chi connectivity index (χ4v) is 5.24. The summed E-state index contributed by atoms with van der Waals surface area (Å²) in [7, 11) is 0. The number of hydrogen-bond donors (Lipinski definition) is 1. The maximum absolute atomic E-state index is 14.0. The number of carbonyl (C=O) groups excluding carboxylic acids is 1. The summed E-state index contributed by atoms with van der Waals surface area (Å²) in [5.74, 6) is 0.416. The van der Waals surface area contributed by atoms with Gasteiger partial charge in [-0.05, 0) is 42.9 Å². The van der Waals surface area contributed by atoms with E-state index < -0.39 is 0 Å². The first kappa shape index (κ1) is 22.1. The number of carbonyl (C=O) groups is 1. The van der Waals surface area contributed by atoms with Gasteiger partial charge in [0, 0.05) is 5.56 Å². The lowest BCUT2D eigenvalue weighted by molar-refractivity contribution is 0.0921. The smallest absolute Gasteiger partial charge is 0.255 e. The van der Waals surface area contributed by atoms with Gasteiger partial charge in [-0.15, -0.1) is 0 Å². The van der Waals surface area contributed by atoms with Crippen molar-refractivity contribution in [2.75, 3.05) is 0 Å². The number of nitrogens with zero attached hydrogens (tertiary/aromatic N) is 2. The molecule has 0 radical (unpaired) electrons. The van der Waals surface area contributed by atoms with E-state index in [2.05, 4.69) is 36.5 Å². The van der Waals surface area contributed by atoms with E-state index in [4.69, 9.17) is 5.10 Å². The minimum Gasteiger partial charge on any atom is -0.345 e. The molecule has 1 heterocycles. The molecule has 1 aliphatic rings. The molecule has 1 unspecified atom stereocenters. The van der Waals surface area contributed by atoms with E-state index in [1.807, 2.05) is 71.4 Å². The Morgan fingerprint density at radius 1 is 0.912 bits per heavy atom. The fourth-order valence-electron chi connectivity index (χ4n) is 5.24. The van der Waals surface area contributed by atoms with Gasteiger partial charge in [-0.1, -0.05) is 98.6 Å². The van der Waals surface area contributed by atoms with Crippen LogP contribution in [0.25, 0.3) is 16.9 Å². The van der Waals surface area contributed by atoms with E-state index in [0.717, 1.165) is 35.5 Å². The Balaban J connectivity index is 1.60. The van der Waals surface area contributed by atoms with Crippen molar-refractivity contribution in [3.8, 4) is 16.9 Å². The molecule has 0 spiro atoms. The van der Waals surface area contributed by atoms with Crippen molar-refractivity contribution in [2.45, 2.75) is 45.1 Å². The molecule has 172 valence electrons. The van der Waals surface area contributed by atoms with Crippen molar-refractivity contribution in [1.29, 1.82) is 0 Å². The molecule has 5 rings (SSSR count). The molecule has 34 heavy (non-hydrogen) atoms. The Bertz CT molecular complexity index is 1230. The zero-order valence-corrected chi connectivity index (χ0v) is 19.7. The highest BCUT2D eigenvalue weighted by molar-refractivity contribution is 6.01. The zero-order valence-electron chi connectivity index (χ0n) is 19.7. The average Bonchev–Trinajstić information content (AvgIpc) is 3.57. The van der Waals surface area contributed by atoms with Crippen LogP contribution in [-0.2, 0) is 6.42 Å². The van der Waals surface area contributed by atoms with Gasteiger partial charge >= 0.3 is 0 Å². The van der Waals surface area contributed by atoms with E-state index in [1.54, 1.807) is 0 Å². The topological polar surface area (TPSA) is 46.9 Å². The Morgan fingerprint density at radius 2 is 1.50 bits per heavy atom. The number of rotatable bonds is 7. The van der Waals surface area contributed by atoms with Crippen LogP contribution in [-0.4, -0.2) is 15.7 Å². The van der Waals surface area contributed by atoms with Crippen molar-refractivity contribution in [3.05, 3.63) is 108 Å².